The van der Waals surface area contributed by atoms with Gasteiger partial charge in [0.2, 0.25) is 0 Å². The number of hydrogen-bond donors (Lipinski definition) is 2. The second kappa shape index (κ2) is 4.55. The maximum absolute atomic E-state index is 5.93. The fourth-order valence-corrected chi connectivity index (χ4v) is 1.28. The van der Waals surface area contributed by atoms with Gasteiger partial charge in [-0.2, -0.15) is 0 Å². The zero-order valence-electron chi connectivity index (χ0n) is 6.70. The highest BCUT2D eigenvalue weighted by atomic mass is 35.5. The Kier molecular flexibility index (Phi) is 3.66. The van der Waals surface area contributed by atoms with Crippen LogP contribution in [0.15, 0.2) is 18.2 Å². The lowest BCUT2D eigenvalue weighted by molar-refractivity contribution is 1.13. The van der Waals surface area contributed by atoms with Crippen LogP contribution in [-0.4, -0.2) is 0 Å². The molecule has 0 radical (unpaired) electrons. The molecule has 0 saturated heterocycles. The van der Waals surface area contributed by atoms with Crippen LogP contribution >= 0.6 is 23.4 Å². The summed E-state index contributed by atoms with van der Waals surface area (Å²) in [6.45, 7) is 2.08. The first-order chi connectivity index (χ1) is 5.77. The highest BCUT2D eigenvalue weighted by molar-refractivity contribution is 6.33. The van der Waals surface area contributed by atoms with Crippen LogP contribution in [0.5, 0.6) is 0 Å². The van der Waals surface area contributed by atoms with E-state index in [-0.39, 0.29) is 0 Å². The van der Waals surface area contributed by atoms with Gasteiger partial charge in [0.15, 0.2) is 0 Å². The van der Waals surface area contributed by atoms with Crippen molar-refractivity contribution in [3.63, 3.8) is 0 Å². The van der Waals surface area contributed by atoms with Gasteiger partial charge in [0, 0.05) is 0 Å². The van der Waals surface area contributed by atoms with Crippen LogP contribution in [0.1, 0.15) is 12.5 Å². The molecule has 0 atom stereocenters. The maximum Gasteiger partial charge on any atom is 0.0686 e. The molecule has 4 heteroatoms. The van der Waals surface area contributed by atoms with E-state index < -0.39 is 0 Å². The highest BCUT2D eigenvalue weighted by Crippen LogP contribution is 2.22. The molecule has 0 spiro atoms. The molecule has 66 valence electrons. The fourth-order valence-electron chi connectivity index (χ4n) is 0.931. The number of rotatable bonds is 3. The lowest BCUT2D eigenvalue weighted by atomic mass is 10.1. The average molecular weight is 205 g/mol. The third kappa shape index (κ3) is 2.27. The van der Waals surface area contributed by atoms with Crippen molar-refractivity contribution < 1.29 is 0 Å². The molecule has 0 heterocycles. The quantitative estimate of drug-likeness (QED) is 0.585. The van der Waals surface area contributed by atoms with Crippen molar-refractivity contribution in [1.29, 1.82) is 0 Å². The Bertz CT molecular complexity index is 263. The van der Waals surface area contributed by atoms with Crippen LogP contribution in [-0.2, 0) is 6.42 Å². The Morgan fingerprint density at radius 1 is 1.42 bits per heavy atom. The normalized spacial score (nSPS) is 9.92. The standard InChI is InChI=1S/C8H10Cl2N2/c1-2-6-3-4-8(11-12-10)7(9)5-6/h3-5,11-12H,2H2,1H3. The zero-order valence-corrected chi connectivity index (χ0v) is 8.21. The van der Waals surface area contributed by atoms with E-state index in [9.17, 15) is 0 Å². The van der Waals surface area contributed by atoms with Gasteiger partial charge in [-0.1, -0.05) is 24.6 Å². The van der Waals surface area contributed by atoms with Gasteiger partial charge in [0.25, 0.3) is 0 Å². The van der Waals surface area contributed by atoms with Gasteiger partial charge in [0.05, 0.1) is 10.7 Å². The predicted molar refractivity (Wildman–Crippen MR) is 53.4 cm³/mol. The largest absolute Gasteiger partial charge is 0.306 e. The van der Waals surface area contributed by atoms with Gasteiger partial charge in [-0.05, 0) is 35.9 Å². The third-order valence-corrected chi connectivity index (χ3v) is 2.03. The lowest BCUT2D eigenvalue weighted by Gasteiger charge is -2.06. The summed E-state index contributed by atoms with van der Waals surface area (Å²) in [5.41, 5.74) is 4.70. The number of benzene rings is 1. The molecule has 0 aliphatic heterocycles. The number of halogens is 2. The number of nitrogens with one attached hydrogen (secondary N) is 2. The molecule has 0 aromatic heterocycles. The summed E-state index contributed by atoms with van der Waals surface area (Å²) in [5.74, 6) is 0. The lowest BCUT2D eigenvalue weighted by Crippen LogP contribution is -2.08. The molecule has 1 rings (SSSR count). The summed E-state index contributed by atoms with van der Waals surface area (Å²) in [4.78, 5) is 2.30. The minimum absolute atomic E-state index is 0.669. The summed E-state index contributed by atoms with van der Waals surface area (Å²) in [5, 5.41) is 0.669. The summed E-state index contributed by atoms with van der Waals surface area (Å²) in [6, 6.07) is 5.80. The van der Waals surface area contributed by atoms with E-state index >= 15 is 0 Å². The van der Waals surface area contributed by atoms with Gasteiger partial charge in [-0.3, -0.25) is 0 Å². The number of hydrazine groups is 1. The second-order valence-corrected chi connectivity index (χ2v) is 2.98. The van der Waals surface area contributed by atoms with Crippen LogP contribution in [0.3, 0.4) is 0 Å². The van der Waals surface area contributed by atoms with E-state index in [0.717, 1.165) is 12.1 Å². The molecule has 0 amide bonds. The smallest absolute Gasteiger partial charge is 0.0686 e. The Morgan fingerprint density at radius 3 is 2.67 bits per heavy atom. The number of aryl methyl sites for hydroxylation is 1. The maximum atomic E-state index is 5.93. The molecule has 0 aliphatic carbocycles. The molecular formula is C8H10Cl2N2. The summed E-state index contributed by atoms with van der Waals surface area (Å²) in [6.07, 6.45) is 0.980. The van der Waals surface area contributed by atoms with Gasteiger partial charge < -0.3 is 5.43 Å². The first-order valence-corrected chi connectivity index (χ1v) is 4.43. The first-order valence-electron chi connectivity index (χ1n) is 3.68. The van der Waals surface area contributed by atoms with Gasteiger partial charge in [-0.25, -0.2) is 0 Å². The van der Waals surface area contributed by atoms with E-state index in [0.29, 0.717) is 5.02 Å². The SMILES string of the molecule is CCc1ccc(NNCl)c(Cl)c1. The highest BCUT2D eigenvalue weighted by Gasteiger charge is 1.98. The van der Waals surface area contributed by atoms with Gasteiger partial charge in [0.1, 0.15) is 0 Å². The summed E-state index contributed by atoms with van der Waals surface area (Å²) in [7, 11) is 0. The zero-order chi connectivity index (χ0) is 8.97. The second-order valence-electron chi connectivity index (χ2n) is 2.39. The fraction of sp³-hybridized carbons (Fsp3) is 0.250. The van der Waals surface area contributed by atoms with Crippen LogP contribution in [0, 0.1) is 0 Å². The molecule has 0 fully saturated rings. The summed E-state index contributed by atoms with van der Waals surface area (Å²) < 4.78 is 0. The van der Waals surface area contributed by atoms with E-state index in [1.165, 1.54) is 5.56 Å². The molecule has 2 nitrogen and oxygen atoms in total. The summed E-state index contributed by atoms with van der Waals surface area (Å²) >= 11 is 11.2. The molecule has 12 heavy (non-hydrogen) atoms. The Hall–Kier alpha value is -0.440. The minimum atomic E-state index is 0.669. The van der Waals surface area contributed by atoms with Crippen molar-refractivity contribution >= 4 is 29.1 Å². The molecule has 0 aliphatic rings. The monoisotopic (exact) mass is 204 g/mol. The van der Waals surface area contributed by atoms with E-state index in [4.69, 9.17) is 23.4 Å². The van der Waals surface area contributed by atoms with E-state index in [1.807, 2.05) is 18.2 Å². The van der Waals surface area contributed by atoms with Crippen LogP contribution in [0.25, 0.3) is 0 Å². The van der Waals surface area contributed by atoms with Crippen molar-refractivity contribution in [3.05, 3.63) is 28.8 Å². The Morgan fingerprint density at radius 2 is 2.17 bits per heavy atom. The van der Waals surface area contributed by atoms with Crippen molar-refractivity contribution in [3.8, 4) is 0 Å². The van der Waals surface area contributed by atoms with Crippen LogP contribution < -0.4 is 10.4 Å². The van der Waals surface area contributed by atoms with Crippen molar-refractivity contribution in [2.24, 2.45) is 0 Å². The van der Waals surface area contributed by atoms with E-state index in [1.54, 1.807) is 0 Å². The first kappa shape index (κ1) is 9.65. The molecule has 1 aromatic carbocycles. The van der Waals surface area contributed by atoms with Gasteiger partial charge >= 0.3 is 0 Å². The average Bonchev–Trinajstić information content (AvgIpc) is 2.09. The molecule has 0 saturated carbocycles. The Labute approximate surface area is 81.9 Å². The molecular weight excluding hydrogens is 195 g/mol. The van der Waals surface area contributed by atoms with Crippen LogP contribution in [0.4, 0.5) is 5.69 Å². The predicted octanol–water partition coefficient (Wildman–Crippen LogP) is 2.97. The van der Waals surface area contributed by atoms with Crippen molar-refractivity contribution in [2.75, 3.05) is 5.43 Å². The molecule has 0 bridgehead atoms. The molecule has 1 aromatic rings. The molecule has 2 N–H and O–H groups in total. The minimum Gasteiger partial charge on any atom is -0.306 e. The van der Waals surface area contributed by atoms with E-state index in [2.05, 4.69) is 17.3 Å². The Balaban J connectivity index is 2.87. The number of hydrogen-bond acceptors (Lipinski definition) is 2. The molecule has 0 unspecified atom stereocenters. The third-order valence-electron chi connectivity index (χ3n) is 1.62. The van der Waals surface area contributed by atoms with Crippen LogP contribution in [0.2, 0.25) is 5.02 Å². The van der Waals surface area contributed by atoms with Gasteiger partial charge in [-0.15, -0.1) is 4.94 Å². The van der Waals surface area contributed by atoms with Crippen molar-refractivity contribution in [2.45, 2.75) is 13.3 Å². The topological polar surface area (TPSA) is 24.1 Å². The van der Waals surface area contributed by atoms with Crippen molar-refractivity contribution in [1.82, 2.24) is 4.94 Å². The number of anilines is 1.